The van der Waals surface area contributed by atoms with Crippen LogP contribution in [-0.4, -0.2) is 40.1 Å². The molecule has 0 radical (unpaired) electrons. The summed E-state index contributed by atoms with van der Waals surface area (Å²) in [5.41, 5.74) is 0.995. The topological polar surface area (TPSA) is 39.7 Å². The highest BCUT2D eigenvalue weighted by atomic mass is 35.5. The van der Waals surface area contributed by atoms with Gasteiger partial charge in [0.05, 0.1) is 13.7 Å². The first-order valence-electron chi connectivity index (χ1n) is 7.37. The maximum absolute atomic E-state index is 6.28. The maximum Gasteiger partial charge on any atom is 0.124 e. The third-order valence-corrected chi connectivity index (χ3v) is 4.37. The second-order valence-electron chi connectivity index (χ2n) is 5.31. The normalized spacial score (nSPS) is 17.7. The zero-order chi connectivity index (χ0) is 15.1. The van der Waals surface area contributed by atoms with E-state index in [1.165, 1.54) is 0 Å². The number of hydrogen-bond acceptors (Lipinski definition) is 4. The molecule has 1 aromatic rings. The summed E-state index contributed by atoms with van der Waals surface area (Å²) in [7, 11) is 3.41. The van der Waals surface area contributed by atoms with Gasteiger partial charge >= 0.3 is 0 Å². The second-order valence-corrected chi connectivity index (χ2v) is 5.72. The quantitative estimate of drug-likeness (QED) is 0.840. The van der Waals surface area contributed by atoms with E-state index in [1.54, 1.807) is 14.2 Å². The fraction of sp³-hybridized carbons (Fsp3) is 0.625. The molecule has 0 bridgehead atoms. The fourth-order valence-electron chi connectivity index (χ4n) is 2.79. The molecule has 1 aliphatic rings. The van der Waals surface area contributed by atoms with Crippen molar-refractivity contribution in [2.24, 2.45) is 5.92 Å². The van der Waals surface area contributed by atoms with E-state index in [9.17, 15) is 0 Å². The van der Waals surface area contributed by atoms with Crippen molar-refractivity contribution in [1.82, 2.24) is 5.32 Å². The minimum absolute atomic E-state index is 0.305. The lowest BCUT2D eigenvalue weighted by atomic mass is 9.92. The molecular weight excluding hydrogens is 290 g/mol. The van der Waals surface area contributed by atoms with Crippen LogP contribution in [0.2, 0.25) is 5.02 Å². The third kappa shape index (κ3) is 4.58. The highest BCUT2D eigenvalue weighted by Crippen LogP contribution is 2.27. The number of ether oxygens (including phenoxy) is 3. The van der Waals surface area contributed by atoms with E-state index in [0.29, 0.717) is 25.1 Å². The highest BCUT2D eigenvalue weighted by Gasteiger charge is 2.24. The number of rotatable bonds is 7. The zero-order valence-corrected chi connectivity index (χ0v) is 13.5. The molecule has 0 amide bonds. The molecule has 1 atom stereocenters. The van der Waals surface area contributed by atoms with Crippen molar-refractivity contribution >= 4 is 11.6 Å². The minimum Gasteiger partial charge on any atom is -0.496 e. The molecule has 1 unspecified atom stereocenters. The Bertz CT molecular complexity index is 436. The molecule has 1 N–H and O–H groups in total. The maximum atomic E-state index is 6.28. The lowest BCUT2D eigenvalue weighted by Gasteiger charge is -2.31. The van der Waals surface area contributed by atoms with E-state index in [1.807, 2.05) is 18.2 Å². The molecule has 118 valence electrons. The van der Waals surface area contributed by atoms with Crippen molar-refractivity contribution in [1.29, 1.82) is 0 Å². The summed E-state index contributed by atoms with van der Waals surface area (Å²) >= 11 is 6.28. The Balaban J connectivity index is 2.01. The molecule has 1 fully saturated rings. The van der Waals surface area contributed by atoms with Crippen molar-refractivity contribution in [2.45, 2.75) is 25.4 Å². The molecule has 1 heterocycles. The van der Waals surface area contributed by atoms with Gasteiger partial charge in [0, 0.05) is 43.5 Å². The summed E-state index contributed by atoms with van der Waals surface area (Å²) < 4.78 is 16.2. The molecule has 1 aromatic carbocycles. The van der Waals surface area contributed by atoms with Crippen LogP contribution in [0.15, 0.2) is 18.2 Å². The molecule has 5 heteroatoms. The molecule has 1 aliphatic heterocycles. The Kier molecular flexibility index (Phi) is 6.77. The lowest BCUT2D eigenvalue weighted by Crippen LogP contribution is -2.42. The second kappa shape index (κ2) is 8.59. The molecule has 0 spiro atoms. The molecule has 2 rings (SSSR count). The van der Waals surface area contributed by atoms with Gasteiger partial charge in [-0.25, -0.2) is 0 Å². The van der Waals surface area contributed by atoms with Crippen LogP contribution >= 0.6 is 11.6 Å². The van der Waals surface area contributed by atoms with E-state index in [4.69, 9.17) is 25.8 Å². The van der Waals surface area contributed by atoms with Gasteiger partial charge in [0.15, 0.2) is 0 Å². The van der Waals surface area contributed by atoms with Crippen LogP contribution in [0.4, 0.5) is 0 Å². The minimum atomic E-state index is 0.305. The molecular formula is C16H24ClNO3. The van der Waals surface area contributed by atoms with Gasteiger partial charge in [0.25, 0.3) is 0 Å². The van der Waals surface area contributed by atoms with Crippen molar-refractivity contribution < 1.29 is 14.2 Å². The van der Waals surface area contributed by atoms with E-state index < -0.39 is 0 Å². The van der Waals surface area contributed by atoms with Gasteiger partial charge in [0.2, 0.25) is 0 Å². The summed E-state index contributed by atoms with van der Waals surface area (Å²) in [6.07, 6.45) is 2.14. The first-order chi connectivity index (χ1) is 10.3. The predicted molar refractivity (Wildman–Crippen MR) is 84.1 cm³/mol. The lowest BCUT2D eigenvalue weighted by molar-refractivity contribution is 0.0372. The van der Waals surface area contributed by atoms with Crippen LogP contribution in [0.3, 0.4) is 0 Å². The van der Waals surface area contributed by atoms with Gasteiger partial charge in [-0.1, -0.05) is 17.7 Å². The number of methoxy groups -OCH3 is 2. The summed E-state index contributed by atoms with van der Waals surface area (Å²) in [6, 6.07) is 6.03. The van der Waals surface area contributed by atoms with Crippen LogP contribution in [-0.2, 0) is 16.0 Å². The van der Waals surface area contributed by atoms with Crippen LogP contribution in [0.5, 0.6) is 5.75 Å². The van der Waals surface area contributed by atoms with Crippen LogP contribution in [0.1, 0.15) is 18.4 Å². The average Bonchev–Trinajstić information content (AvgIpc) is 2.53. The van der Waals surface area contributed by atoms with Gasteiger partial charge < -0.3 is 19.5 Å². The third-order valence-electron chi connectivity index (χ3n) is 4.02. The molecule has 21 heavy (non-hydrogen) atoms. The van der Waals surface area contributed by atoms with E-state index >= 15 is 0 Å². The smallest absolute Gasteiger partial charge is 0.124 e. The molecule has 0 aromatic heterocycles. The van der Waals surface area contributed by atoms with Crippen molar-refractivity contribution in [3.63, 3.8) is 0 Å². The molecule has 1 saturated heterocycles. The zero-order valence-electron chi connectivity index (χ0n) is 12.7. The molecule has 0 aliphatic carbocycles. The van der Waals surface area contributed by atoms with Crippen LogP contribution in [0, 0.1) is 5.92 Å². The monoisotopic (exact) mass is 313 g/mol. The summed E-state index contributed by atoms with van der Waals surface area (Å²) in [5, 5.41) is 4.30. The highest BCUT2D eigenvalue weighted by molar-refractivity contribution is 6.31. The van der Waals surface area contributed by atoms with Crippen LogP contribution < -0.4 is 10.1 Å². The van der Waals surface area contributed by atoms with Gasteiger partial charge in [-0.3, -0.25) is 0 Å². The van der Waals surface area contributed by atoms with Crippen LogP contribution in [0.25, 0.3) is 0 Å². The standard InChI is InChI=1S/C16H24ClNO3/c1-19-11-15(12-6-8-21-9-7-12)18-10-13-14(17)4-3-5-16(13)20-2/h3-5,12,15,18H,6-11H2,1-2H3. The van der Waals surface area contributed by atoms with Gasteiger partial charge in [-0.15, -0.1) is 0 Å². The Morgan fingerprint density at radius 3 is 2.76 bits per heavy atom. The van der Waals surface area contributed by atoms with E-state index in [2.05, 4.69) is 5.32 Å². The number of nitrogens with one attached hydrogen (secondary N) is 1. The summed E-state index contributed by atoms with van der Waals surface area (Å²) in [6.45, 7) is 3.04. The number of benzene rings is 1. The Morgan fingerprint density at radius 2 is 2.10 bits per heavy atom. The average molecular weight is 314 g/mol. The number of hydrogen-bond donors (Lipinski definition) is 1. The van der Waals surface area contributed by atoms with E-state index in [-0.39, 0.29) is 0 Å². The van der Waals surface area contributed by atoms with E-state index in [0.717, 1.165) is 42.4 Å². The fourth-order valence-corrected chi connectivity index (χ4v) is 3.03. The van der Waals surface area contributed by atoms with Gasteiger partial charge in [-0.05, 0) is 30.9 Å². The Morgan fingerprint density at radius 1 is 1.33 bits per heavy atom. The first kappa shape index (κ1) is 16.6. The predicted octanol–water partition coefficient (Wildman–Crippen LogP) is 2.88. The molecule has 0 saturated carbocycles. The first-order valence-corrected chi connectivity index (χ1v) is 7.75. The SMILES string of the molecule is COCC(NCc1c(Cl)cccc1OC)C1CCOCC1. The summed E-state index contributed by atoms with van der Waals surface area (Å²) in [5.74, 6) is 1.39. The largest absolute Gasteiger partial charge is 0.496 e. The summed E-state index contributed by atoms with van der Waals surface area (Å²) in [4.78, 5) is 0. The van der Waals surface area contributed by atoms with Crippen molar-refractivity contribution in [3.05, 3.63) is 28.8 Å². The molecule has 4 nitrogen and oxygen atoms in total. The van der Waals surface area contributed by atoms with Gasteiger partial charge in [-0.2, -0.15) is 0 Å². The number of halogens is 1. The Hall–Kier alpha value is -0.810. The van der Waals surface area contributed by atoms with Crippen molar-refractivity contribution in [2.75, 3.05) is 34.0 Å². The van der Waals surface area contributed by atoms with Crippen molar-refractivity contribution in [3.8, 4) is 5.75 Å². The Labute approximate surface area is 131 Å². The van der Waals surface area contributed by atoms with Gasteiger partial charge in [0.1, 0.15) is 5.75 Å².